The highest BCUT2D eigenvalue weighted by molar-refractivity contribution is 5.44. The second-order valence-electron chi connectivity index (χ2n) is 3.77. The van der Waals surface area contributed by atoms with Gasteiger partial charge in [0, 0.05) is 12.2 Å². The first-order valence-electron chi connectivity index (χ1n) is 5.42. The molecule has 96 valence electrons. The van der Waals surface area contributed by atoms with Crippen molar-refractivity contribution in [2.75, 3.05) is 25.1 Å². The predicted octanol–water partition coefficient (Wildman–Crippen LogP) is 3.38. The topological polar surface area (TPSA) is 21.3 Å². The van der Waals surface area contributed by atoms with Crippen LogP contribution < -0.4 is 5.32 Å². The third-order valence-electron chi connectivity index (χ3n) is 2.16. The number of ether oxygens (including phenoxy) is 1. The summed E-state index contributed by atoms with van der Waals surface area (Å²) in [5.74, 6) is 0. The Balaban J connectivity index is 2.07. The van der Waals surface area contributed by atoms with E-state index in [1.165, 1.54) is 0 Å². The van der Waals surface area contributed by atoms with Crippen LogP contribution in [0.4, 0.5) is 18.9 Å². The molecule has 0 aliphatic rings. The molecule has 0 amide bonds. The zero-order valence-electron chi connectivity index (χ0n) is 9.68. The molecule has 0 heterocycles. The minimum Gasteiger partial charge on any atom is -0.383 e. The smallest absolute Gasteiger partial charge is 0.383 e. The molecular formula is C12H16F3NO. The van der Waals surface area contributed by atoms with Gasteiger partial charge in [-0.25, -0.2) is 0 Å². The average Bonchev–Trinajstić information content (AvgIpc) is 2.24. The maximum atomic E-state index is 11.8. The van der Waals surface area contributed by atoms with Crippen LogP contribution in [0.25, 0.3) is 0 Å². The molecule has 5 heteroatoms. The van der Waals surface area contributed by atoms with Crippen LogP contribution >= 0.6 is 0 Å². The zero-order valence-corrected chi connectivity index (χ0v) is 9.68. The van der Waals surface area contributed by atoms with Gasteiger partial charge in [-0.2, -0.15) is 13.2 Å². The third-order valence-corrected chi connectivity index (χ3v) is 2.16. The van der Waals surface area contributed by atoms with E-state index in [1.54, 1.807) is 0 Å². The van der Waals surface area contributed by atoms with Gasteiger partial charge in [0.25, 0.3) is 0 Å². The van der Waals surface area contributed by atoms with Crippen LogP contribution in [-0.2, 0) is 4.74 Å². The third kappa shape index (κ3) is 6.84. The SMILES string of the molecule is Cc1ccc(NCCOCCC(F)(F)F)cc1. The summed E-state index contributed by atoms with van der Waals surface area (Å²) in [6.45, 7) is 2.48. The van der Waals surface area contributed by atoms with Crippen molar-refractivity contribution < 1.29 is 17.9 Å². The first-order valence-corrected chi connectivity index (χ1v) is 5.42. The molecule has 0 saturated carbocycles. The van der Waals surface area contributed by atoms with E-state index < -0.39 is 12.6 Å². The van der Waals surface area contributed by atoms with Crippen molar-refractivity contribution in [2.45, 2.75) is 19.5 Å². The first kappa shape index (κ1) is 13.8. The van der Waals surface area contributed by atoms with Gasteiger partial charge in [0.1, 0.15) is 0 Å². The van der Waals surface area contributed by atoms with E-state index in [1.807, 2.05) is 31.2 Å². The van der Waals surface area contributed by atoms with Gasteiger partial charge in [-0.3, -0.25) is 0 Å². The molecule has 1 N–H and O–H groups in total. The second kappa shape index (κ2) is 6.49. The molecule has 0 aromatic heterocycles. The highest BCUT2D eigenvalue weighted by atomic mass is 19.4. The number of alkyl halides is 3. The van der Waals surface area contributed by atoms with Crippen LogP contribution in [0.2, 0.25) is 0 Å². The highest BCUT2D eigenvalue weighted by Gasteiger charge is 2.26. The van der Waals surface area contributed by atoms with Gasteiger partial charge in [0.05, 0.1) is 19.6 Å². The van der Waals surface area contributed by atoms with Crippen molar-refractivity contribution in [3.8, 4) is 0 Å². The van der Waals surface area contributed by atoms with Gasteiger partial charge in [0.2, 0.25) is 0 Å². The lowest BCUT2D eigenvalue weighted by molar-refractivity contribution is -0.144. The van der Waals surface area contributed by atoms with Crippen molar-refractivity contribution in [1.29, 1.82) is 0 Å². The Bertz CT molecular complexity index is 322. The fourth-order valence-electron chi connectivity index (χ4n) is 1.23. The molecule has 0 fully saturated rings. The van der Waals surface area contributed by atoms with Crippen LogP contribution in [-0.4, -0.2) is 25.9 Å². The lowest BCUT2D eigenvalue weighted by Crippen LogP contribution is -2.15. The van der Waals surface area contributed by atoms with Crippen LogP contribution in [0, 0.1) is 6.92 Å². The molecule has 17 heavy (non-hydrogen) atoms. The molecule has 0 atom stereocenters. The van der Waals surface area contributed by atoms with E-state index in [-0.39, 0.29) is 13.2 Å². The Morgan fingerprint density at radius 3 is 2.35 bits per heavy atom. The Labute approximate surface area is 98.8 Å². The molecule has 0 aliphatic carbocycles. The average molecular weight is 247 g/mol. The number of aryl methyl sites for hydroxylation is 1. The zero-order chi connectivity index (χ0) is 12.7. The van der Waals surface area contributed by atoms with E-state index in [9.17, 15) is 13.2 Å². The quantitative estimate of drug-likeness (QED) is 0.778. The summed E-state index contributed by atoms with van der Waals surface area (Å²) in [7, 11) is 0. The molecule has 0 unspecified atom stereocenters. The fourth-order valence-corrected chi connectivity index (χ4v) is 1.23. The number of benzene rings is 1. The van der Waals surface area contributed by atoms with E-state index in [0.717, 1.165) is 11.3 Å². The van der Waals surface area contributed by atoms with Crippen LogP contribution in [0.15, 0.2) is 24.3 Å². The number of hydrogen-bond acceptors (Lipinski definition) is 2. The molecule has 2 nitrogen and oxygen atoms in total. The van der Waals surface area contributed by atoms with Crippen molar-refractivity contribution in [3.05, 3.63) is 29.8 Å². The molecule has 0 bridgehead atoms. The maximum absolute atomic E-state index is 11.8. The van der Waals surface area contributed by atoms with E-state index >= 15 is 0 Å². The van der Waals surface area contributed by atoms with Crippen molar-refractivity contribution in [1.82, 2.24) is 0 Å². The second-order valence-corrected chi connectivity index (χ2v) is 3.77. The molecular weight excluding hydrogens is 231 g/mol. The summed E-state index contributed by atoms with van der Waals surface area (Å²) in [4.78, 5) is 0. The van der Waals surface area contributed by atoms with E-state index in [0.29, 0.717) is 6.54 Å². The molecule has 0 radical (unpaired) electrons. The molecule has 1 aromatic rings. The first-order chi connectivity index (χ1) is 7.97. The number of rotatable bonds is 6. The van der Waals surface area contributed by atoms with Gasteiger partial charge in [-0.1, -0.05) is 17.7 Å². The van der Waals surface area contributed by atoms with Crippen molar-refractivity contribution in [3.63, 3.8) is 0 Å². The van der Waals surface area contributed by atoms with Gasteiger partial charge < -0.3 is 10.1 Å². The Hall–Kier alpha value is -1.23. The minimum atomic E-state index is -4.13. The number of hydrogen-bond donors (Lipinski definition) is 1. The Kier molecular flexibility index (Phi) is 5.28. The van der Waals surface area contributed by atoms with Crippen LogP contribution in [0.3, 0.4) is 0 Å². The summed E-state index contributed by atoms with van der Waals surface area (Å²) in [6, 6.07) is 7.77. The Morgan fingerprint density at radius 2 is 1.76 bits per heavy atom. The summed E-state index contributed by atoms with van der Waals surface area (Å²) in [6.07, 6.45) is -5.03. The molecule has 1 rings (SSSR count). The number of anilines is 1. The van der Waals surface area contributed by atoms with Gasteiger partial charge in [-0.05, 0) is 19.1 Å². The highest BCUT2D eigenvalue weighted by Crippen LogP contribution is 2.18. The molecule has 1 aromatic carbocycles. The van der Waals surface area contributed by atoms with E-state index in [2.05, 4.69) is 5.32 Å². The normalized spacial score (nSPS) is 11.5. The maximum Gasteiger partial charge on any atom is 0.391 e. The number of nitrogens with one attached hydrogen (secondary N) is 1. The monoisotopic (exact) mass is 247 g/mol. The van der Waals surface area contributed by atoms with Gasteiger partial charge >= 0.3 is 6.18 Å². The summed E-state index contributed by atoms with van der Waals surface area (Å²) in [5, 5.41) is 3.06. The molecule has 0 spiro atoms. The fraction of sp³-hybridized carbons (Fsp3) is 0.500. The van der Waals surface area contributed by atoms with Gasteiger partial charge in [-0.15, -0.1) is 0 Å². The standard InChI is InChI=1S/C12H16F3NO/c1-10-2-4-11(5-3-10)16-7-9-17-8-6-12(13,14)15/h2-5,16H,6-9H2,1H3. The van der Waals surface area contributed by atoms with E-state index in [4.69, 9.17) is 4.74 Å². The van der Waals surface area contributed by atoms with Crippen molar-refractivity contribution in [2.24, 2.45) is 0 Å². The number of halogens is 3. The summed E-state index contributed by atoms with van der Waals surface area (Å²) < 4.78 is 40.2. The largest absolute Gasteiger partial charge is 0.391 e. The predicted molar refractivity (Wildman–Crippen MR) is 61.2 cm³/mol. The minimum absolute atomic E-state index is 0.268. The lowest BCUT2D eigenvalue weighted by Gasteiger charge is -2.09. The van der Waals surface area contributed by atoms with Crippen LogP contribution in [0.1, 0.15) is 12.0 Å². The summed E-state index contributed by atoms with van der Waals surface area (Å²) >= 11 is 0. The Morgan fingerprint density at radius 1 is 1.12 bits per heavy atom. The van der Waals surface area contributed by atoms with Crippen molar-refractivity contribution >= 4 is 5.69 Å². The van der Waals surface area contributed by atoms with Crippen LogP contribution in [0.5, 0.6) is 0 Å². The molecule has 0 saturated heterocycles. The molecule has 0 aliphatic heterocycles. The summed E-state index contributed by atoms with van der Waals surface area (Å²) in [5.41, 5.74) is 2.10. The lowest BCUT2D eigenvalue weighted by atomic mass is 10.2. The van der Waals surface area contributed by atoms with Gasteiger partial charge in [0.15, 0.2) is 0 Å².